The van der Waals surface area contributed by atoms with Gasteiger partial charge >= 0.3 is 0 Å². The Morgan fingerprint density at radius 1 is 1.19 bits per heavy atom. The third kappa shape index (κ3) is 2.94. The van der Waals surface area contributed by atoms with Gasteiger partial charge in [-0.3, -0.25) is 4.79 Å². The molecule has 0 saturated heterocycles. The Kier molecular flexibility index (Phi) is 4.49. The van der Waals surface area contributed by atoms with Crippen molar-refractivity contribution in [1.82, 2.24) is 0 Å². The van der Waals surface area contributed by atoms with Gasteiger partial charge in [0.05, 0.1) is 6.61 Å². The van der Waals surface area contributed by atoms with E-state index in [0.717, 1.165) is 33.2 Å². The van der Waals surface area contributed by atoms with Gasteiger partial charge in [0, 0.05) is 21.0 Å². The van der Waals surface area contributed by atoms with Crippen LogP contribution in [0.15, 0.2) is 46.4 Å². The zero-order valence-electron chi connectivity index (χ0n) is 15.3. The van der Waals surface area contributed by atoms with Crippen LogP contribution in [0.3, 0.4) is 0 Å². The molecular formula is C22H21BrO4. The van der Waals surface area contributed by atoms with Crippen molar-refractivity contribution in [3.8, 4) is 5.75 Å². The van der Waals surface area contributed by atoms with Crippen molar-refractivity contribution in [2.75, 3.05) is 13.2 Å². The van der Waals surface area contributed by atoms with Crippen LogP contribution in [-0.4, -0.2) is 35.3 Å². The molecule has 0 radical (unpaired) electrons. The van der Waals surface area contributed by atoms with Gasteiger partial charge in [0.15, 0.2) is 5.78 Å². The molecule has 27 heavy (non-hydrogen) atoms. The Labute approximate surface area is 166 Å². The molecule has 2 aliphatic rings. The van der Waals surface area contributed by atoms with Crippen LogP contribution in [0.2, 0.25) is 0 Å². The molecule has 0 aliphatic heterocycles. The summed E-state index contributed by atoms with van der Waals surface area (Å²) in [5.74, 6) is 0.539. The molecule has 4 rings (SSSR count). The number of carbonyl (C=O) groups is 1. The van der Waals surface area contributed by atoms with Crippen molar-refractivity contribution in [2.24, 2.45) is 0 Å². The summed E-state index contributed by atoms with van der Waals surface area (Å²) in [6.07, 6.45) is -0.161. The van der Waals surface area contributed by atoms with Crippen LogP contribution in [0, 0.1) is 0 Å². The highest BCUT2D eigenvalue weighted by Crippen LogP contribution is 2.50. The molecule has 2 N–H and O–H groups in total. The number of allylic oxidation sites excluding steroid dienone is 2. The molecule has 0 bridgehead atoms. The van der Waals surface area contributed by atoms with Crippen molar-refractivity contribution in [3.05, 3.63) is 68.7 Å². The molecular weight excluding hydrogens is 408 g/mol. The zero-order chi connectivity index (χ0) is 19.3. The van der Waals surface area contributed by atoms with Crippen LogP contribution in [0.25, 0.3) is 5.57 Å². The number of benzene rings is 2. The smallest absolute Gasteiger partial charge is 0.194 e. The van der Waals surface area contributed by atoms with Gasteiger partial charge in [0.2, 0.25) is 0 Å². The molecule has 2 aromatic rings. The Morgan fingerprint density at radius 2 is 1.96 bits per heavy atom. The highest BCUT2D eigenvalue weighted by atomic mass is 79.9. The number of rotatable bonds is 4. The van der Waals surface area contributed by atoms with Crippen LogP contribution in [0.5, 0.6) is 5.75 Å². The van der Waals surface area contributed by atoms with Crippen molar-refractivity contribution < 1.29 is 19.7 Å². The van der Waals surface area contributed by atoms with E-state index in [0.29, 0.717) is 11.3 Å². The van der Waals surface area contributed by atoms with Gasteiger partial charge in [-0.2, -0.15) is 0 Å². The number of aliphatic hydroxyl groups excluding tert-OH is 2. The van der Waals surface area contributed by atoms with Gasteiger partial charge in [-0.05, 0) is 52.9 Å². The first-order valence-electron chi connectivity index (χ1n) is 8.96. The lowest BCUT2D eigenvalue weighted by Crippen LogP contribution is -2.30. The fourth-order valence-electron chi connectivity index (χ4n) is 4.08. The lowest BCUT2D eigenvalue weighted by molar-refractivity contribution is 0.0535. The second-order valence-corrected chi connectivity index (χ2v) is 8.56. The topological polar surface area (TPSA) is 66.8 Å². The molecule has 0 amide bonds. The van der Waals surface area contributed by atoms with Crippen molar-refractivity contribution in [1.29, 1.82) is 0 Å². The van der Waals surface area contributed by atoms with Gasteiger partial charge in [-0.15, -0.1) is 0 Å². The van der Waals surface area contributed by atoms with Crippen LogP contribution in [0.1, 0.15) is 40.9 Å². The molecule has 0 heterocycles. The summed E-state index contributed by atoms with van der Waals surface area (Å²) in [4.78, 5) is 13.4. The van der Waals surface area contributed by atoms with Gasteiger partial charge in [0.25, 0.3) is 0 Å². The minimum Gasteiger partial charge on any atom is -0.491 e. The fraction of sp³-hybridized carbons (Fsp3) is 0.318. The third-order valence-corrected chi connectivity index (χ3v) is 6.04. The summed E-state index contributed by atoms with van der Waals surface area (Å²) in [6, 6.07) is 11.6. The van der Waals surface area contributed by atoms with Crippen LogP contribution in [0.4, 0.5) is 0 Å². The number of halogens is 1. The number of ether oxygens (including phenoxy) is 1. The standard InChI is InChI=1S/C22H21BrO4/c1-22(2)18-6-4-15(27-11-14(25)10-24)9-17(18)21(26)20-16-5-3-13(23)7-12(16)8-19(20)22/h3-7,9,14,24-25H,8,10-11H2,1-2H3/t14-/m1/s1. The second-order valence-electron chi connectivity index (χ2n) is 7.64. The van der Waals surface area contributed by atoms with Crippen LogP contribution >= 0.6 is 15.9 Å². The molecule has 0 saturated carbocycles. The zero-order valence-corrected chi connectivity index (χ0v) is 16.8. The van der Waals surface area contributed by atoms with Gasteiger partial charge in [-0.25, -0.2) is 0 Å². The van der Waals surface area contributed by atoms with E-state index in [2.05, 4.69) is 35.8 Å². The molecule has 1 atom stereocenters. The number of fused-ring (bicyclic) bond motifs is 3. The highest BCUT2D eigenvalue weighted by Gasteiger charge is 2.42. The number of carbonyl (C=O) groups excluding carboxylic acids is 1. The quantitative estimate of drug-likeness (QED) is 0.779. The van der Waals surface area contributed by atoms with E-state index < -0.39 is 6.10 Å². The summed E-state index contributed by atoms with van der Waals surface area (Å²) in [5.41, 5.74) is 5.54. The second kappa shape index (κ2) is 6.59. The number of ketones is 1. The largest absolute Gasteiger partial charge is 0.491 e. The summed E-state index contributed by atoms with van der Waals surface area (Å²) < 4.78 is 6.57. The van der Waals surface area contributed by atoms with E-state index in [9.17, 15) is 9.90 Å². The Morgan fingerprint density at radius 3 is 2.70 bits per heavy atom. The van der Waals surface area contributed by atoms with Crippen molar-refractivity contribution in [3.63, 3.8) is 0 Å². The normalized spacial score (nSPS) is 18.0. The molecule has 5 heteroatoms. The van der Waals surface area contributed by atoms with Crippen molar-refractivity contribution in [2.45, 2.75) is 31.8 Å². The molecule has 0 spiro atoms. The molecule has 0 aromatic heterocycles. The molecule has 140 valence electrons. The van der Waals surface area contributed by atoms with Gasteiger partial charge in [0.1, 0.15) is 18.5 Å². The maximum absolute atomic E-state index is 13.4. The monoisotopic (exact) mass is 428 g/mol. The van der Waals surface area contributed by atoms with Gasteiger partial charge < -0.3 is 14.9 Å². The van der Waals surface area contributed by atoms with Gasteiger partial charge in [-0.1, -0.05) is 41.9 Å². The Hall–Kier alpha value is -1.95. The minimum absolute atomic E-state index is 0.0162. The molecule has 4 nitrogen and oxygen atoms in total. The number of Topliss-reactive ketones (excluding diaryl/α,β-unsaturated/α-hetero) is 1. The molecule has 2 aliphatic carbocycles. The number of aliphatic hydroxyl groups is 2. The van der Waals surface area contributed by atoms with E-state index in [-0.39, 0.29) is 24.4 Å². The predicted octanol–water partition coefficient (Wildman–Crippen LogP) is 3.66. The first-order valence-corrected chi connectivity index (χ1v) is 9.75. The van der Waals surface area contributed by atoms with Crippen molar-refractivity contribution >= 4 is 27.3 Å². The average molecular weight is 429 g/mol. The first kappa shape index (κ1) is 18.4. The van der Waals surface area contributed by atoms with E-state index in [1.165, 1.54) is 5.56 Å². The highest BCUT2D eigenvalue weighted by molar-refractivity contribution is 9.10. The van der Waals surface area contributed by atoms with E-state index in [4.69, 9.17) is 9.84 Å². The first-order chi connectivity index (χ1) is 12.8. The summed E-state index contributed by atoms with van der Waals surface area (Å²) >= 11 is 3.52. The Bertz CT molecular complexity index is 974. The molecule has 0 unspecified atom stereocenters. The van der Waals surface area contributed by atoms with E-state index >= 15 is 0 Å². The lowest BCUT2D eigenvalue weighted by atomic mass is 9.68. The maximum Gasteiger partial charge on any atom is 0.194 e. The molecule has 0 fully saturated rings. The van der Waals surface area contributed by atoms with Crippen LogP contribution in [-0.2, 0) is 11.8 Å². The summed E-state index contributed by atoms with van der Waals surface area (Å²) in [6.45, 7) is 3.94. The predicted molar refractivity (Wildman–Crippen MR) is 107 cm³/mol. The van der Waals surface area contributed by atoms with E-state index in [1.54, 1.807) is 6.07 Å². The average Bonchev–Trinajstić information content (AvgIpc) is 3.04. The number of hydrogen-bond acceptors (Lipinski definition) is 4. The van der Waals surface area contributed by atoms with Crippen LogP contribution < -0.4 is 4.74 Å². The summed E-state index contributed by atoms with van der Waals surface area (Å²) in [7, 11) is 0. The fourth-order valence-corrected chi connectivity index (χ4v) is 4.48. The Balaban J connectivity index is 1.76. The summed E-state index contributed by atoms with van der Waals surface area (Å²) in [5, 5.41) is 18.4. The maximum atomic E-state index is 13.4. The minimum atomic E-state index is -0.942. The SMILES string of the molecule is CC1(C)C2=C(C(=O)c3cc(OC[C@H](O)CO)ccc31)c1ccc(Br)cc1C2. The lowest BCUT2D eigenvalue weighted by Gasteiger charge is -2.34. The third-order valence-electron chi connectivity index (χ3n) is 5.55. The molecule has 2 aromatic carbocycles. The number of hydrogen-bond donors (Lipinski definition) is 2. The van der Waals surface area contributed by atoms with E-state index in [1.807, 2.05) is 24.3 Å².